The number of imidazole rings is 1. The van der Waals surface area contributed by atoms with E-state index in [9.17, 15) is 4.79 Å². The number of hydrogen-bond donors (Lipinski definition) is 0. The average Bonchev–Trinajstić information content (AvgIpc) is 3.35. The molecule has 0 N–H and O–H groups in total. The third-order valence-electron chi connectivity index (χ3n) is 5.41. The number of rotatable bonds is 3. The zero-order valence-electron chi connectivity index (χ0n) is 17.9. The van der Waals surface area contributed by atoms with Crippen molar-refractivity contribution in [3.8, 4) is 34.7 Å². The summed E-state index contributed by atoms with van der Waals surface area (Å²) in [4.78, 5) is 16.5. The lowest BCUT2D eigenvalue weighted by Gasteiger charge is -2.09. The minimum atomic E-state index is -0.110. The quantitative estimate of drug-likeness (QED) is 0.407. The highest BCUT2D eigenvalue weighted by Gasteiger charge is 2.26. The Balaban J connectivity index is 1.67. The largest absolute Gasteiger partial charge is 0.497 e. The van der Waals surface area contributed by atoms with Gasteiger partial charge in [-0.1, -0.05) is 5.92 Å². The van der Waals surface area contributed by atoms with Gasteiger partial charge in [-0.15, -0.1) is 10.2 Å². The van der Waals surface area contributed by atoms with E-state index < -0.39 is 0 Å². The molecule has 1 aliphatic rings. The molecule has 0 bridgehead atoms. The van der Waals surface area contributed by atoms with Crippen LogP contribution in [0, 0.1) is 11.8 Å². The van der Waals surface area contributed by atoms with Crippen LogP contribution in [0.5, 0.6) is 5.75 Å². The van der Waals surface area contributed by atoms with Crippen LogP contribution >= 0.6 is 0 Å². The third-order valence-corrected chi connectivity index (χ3v) is 5.41. The average molecular weight is 428 g/mol. The van der Waals surface area contributed by atoms with Crippen LogP contribution in [-0.4, -0.2) is 43.1 Å². The van der Waals surface area contributed by atoms with Gasteiger partial charge in [0.05, 0.1) is 25.0 Å². The second kappa shape index (κ2) is 7.83. The summed E-state index contributed by atoms with van der Waals surface area (Å²) in [5, 5.41) is 8.75. The molecule has 5 rings (SSSR count). The minimum Gasteiger partial charge on any atom is -0.497 e. The van der Waals surface area contributed by atoms with Crippen LogP contribution in [-0.2, 0) is 24.9 Å². The van der Waals surface area contributed by atoms with E-state index in [1.807, 2.05) is 27.3 Å². The van der Waals surface area contributed by atoms with Crippen molar-refractivity contribution >= 4 is 0 Å². The number of aromatic nitrogens is 6. The molecule has 0 amide bonds. The molecule has 0 unspecified atom stereocenters. The standard InChI is InChI=1S/C23H20N6O3/c1-27-9-8-15(10-22(27)30)4-6-18-20-12-28-21(13-31-2)25-26-23(28)17-11-16(32-3)5-7-19(17)29(20)14-24-18/h5,7-11,14H,12-13H2,1-3H3. The van der Waals surface area contributed by atoms with Gasteiger partial charge in [-0.2, -0.15) is 0 Å². The van der Waals surface area contributed by atoms with Gasteiger partial charge < -0.3 is 18.6 Å². The van der Waals surface area contributed by atoms with E-state index in [4.69, 9.17) is 9.47 Å². The summed E-state index contributed by atoms with van der Waals surface area (Å²) in [6, 6.07) is 9.12. The van der Waals surface area contributed by atoms with Crippen LogP contribution < -0.4 is 10.3 Å². The van der Waals surface area contributed by atoms with Crippen LogP contribution in [0.25, 0.3) is 17.1 Å². The first kappa shape index (κ1) is 19.8. The van der Waals surface area contributed by atoms with E-state index in [1.54, 1.807) is 39.9 Å². The highest BCUT2D eigenvalue weighted by Crippen LogP contribution is 2.34. The Labute approximate surface area is 183 Å². The Hall–Kier alpha value is -4.16. The van der Waals surface area contributed by atoms with Gasteiger partial charge in [0, 0.05) is 37.5 Å². The molecule has 0 radical (unpaired) electrons. The maximum Gasteiger partial charge on any atom is 0.251 e. The first-order valence-corrected chi connectivity index (χ1v) is 9.93. The van der Waals surface area contributed by atoms with Crippen molar-refractivity contribution in [2.75, 3.05) is 14.2 Å². The predicted molar refractivity (Wildman–Crippen MR) is 117 cm³/mol. The molecule has 1 aliphatic heterocycles. The maximum atomic E-state index is 11.9. The van der Waals surface area contributed by atoms with Gasteiger partial charge in [-0.25, -0.2) is 4.98 Å². The smallest absolute Gasteiger partial charge is 0.251 e. The van der Waals surface area contributed by atoms with Crippen LogP contribution in [0.1, 0.15) is 22.8 Å². The lowest BCUT2D eigenvalue weighted by atomic mass is 10.1. The Morgan fingerprint density at radius 2 is 2.00 bits per heavy atom. The summed E-state index contributed by atoms with van der Waals surface area (Å²) in [6.07, 6.45) is 3.45. The van der Waals surface area contributed by atoms with Gasteiger partial charge in [-0.05, 0) is 30.2 Å². The molecule has 0 saturated heterocycles. The topological polar surface area (TPSA) is 89.0 Å². The second-order valence-electron chi connectivity index (χ2n) is 7.37. The van der Waals surface area contributed by atoms with Crippen molar-refractivity contribution in [2.45, 2.75) is 13.2 Å². The highest BCUT2D eigenvalue weighted by atomic mass is 16.5. The molecule has 4 heterocycles. The summed E-state index contributed by atoms with van der Waals surface area (Å²) in [7, 11) is 4.96. The number of hydrogen-bond acceptors (Lipinski definition) is 6. The number of benzene rings is 1. The fourth-order valence-corrected chi connectivity index (χ4v) is 3.71. The van der Waals surface area contributed by atoms with E-state index in [2.05, 4.69) is 27.0 Å². The van der Waals surface area contributed by atoms with E-state index in [0.29, 0.717) is 30.2 Å². The van der Waals surface area contributed by atoms with Gasteiger partial charge in [0.2, 0.25) is 0 Å². The van der Waals surface area contributed by atoms with E-state index >= 15 is 0 Å². The molecule has 0 saturated carbocycles. The highest BCUT2D eigenvalue weighted by molar-refractivity contribution is 5.71. The summed E-state index contributed by atoms with van der Waals surface area (Å²) in [6.45, 7) is 0.799. The van der Waals surface area contributed by atoms with Crippen molar-refractivity contribution in [3.63, 3.8) is 0 Å². The number of pyridine rings is 1. The molecule has 0 aliphatic carbocycles. The molecule has 160 valence electrons. The molecule has 9 nitrogen and oxygen atoms in total. The van der Waals surface area contributed by atoms with Crippen LogP contribution in [0.4, 0.5) is 0 Å². The predicted octanol–water partition coefficient (Wildman–Crippen LogP) is 1.75. The molecule has 0 atom stereocenters. The first-order chi connectivity index (χ1) is 15.6. The van der Waals surface area contributed by atoms with Crippen LogP contribution in [0.15, 0.2) is 47.7 Å². The maximum absolute atomic E-state index is 11.9. The minimum absolute atomic E-state index is 0.110. The van der Waals surface area contributed by atoms with Crippen molar-refractivity contribution in [1.29, 1.82) is 0 Å². The van der Waals surface area contributed by atoms with E-state index in [-0.39, 0.29) is 5.56 Å². The van der Waals surface area contributed by atoms with E-state index in [1.165, 1.54) is 10.6 Å². The molecule has 0 spiro atoms. The molecule has 4 aromatic rings. The molecule has 9 heteroatoms. The Bertz CT molecular complexity index is 1450. The second-order valence-corrected chi connectivity index (χ2v) is 7.37. The summed E-state index contributed by atoms with van der Waals surface area (Å²) >= 11 is 0. The lowest BCUT2D eigenvalue weighted by molar-refractivity contribution is 0.174. The summed E-state index contributed by atoms with van der Waals surface area (Å²) in [5.74, 6) is 8.34. The molecular weight excluding hydrogens is 408 g/mol. The van der Waals surface area contributed by atoms with Crippen molar-refractivity contribution in [3.05, 3.63) is 76.0 Å². The fraction of sp³-hybridized carbons (Fsp3) is 0.217. The SMILES string of the molecule is COCc1nnc2n1Cc1c(C#Cc3ccn(C)c(=O)c3)ncn1-c1ccc(OC)cc1-2. The number of fused-ring (bicyclic) bond motifs is 5. The van der Waals surface area contributed by atoms with Crippen molar-refractivity contribution in [1.82, 2.24) is 28.9 Å². The van der Waals surface area contributed by atoms with Crippen molar-refractivity contribution in [2.24, 2.45) is 7.05 Å². The number of nitrogens with zero attached hydrogens (tertiary/aromatic N) is 6. The van der Waals surface area contributed by atoms with E-state index in [0.717, 1.165) is 28.5 Å². The molecule has 32 heavy (non-hydrogen) atoms. The van der Waals surface area contributed by atoms with Gasteiger partial charge >= 0.3 is 0 Å². The van der Waals surface area contributed by atoms with Gasteiger partial charge in [0.15, 0.2) is 11.6 Å². The number of ether oxygens (including phenoxy) is 2. The van der Waals surface area contributed by atoms with Crippen molar-refractivity contribution < 1.29 is 9.47 Å². The lowest BCUT2D eigenvalue weighted by Crippen LogP contribution is -2.14. The summed E-state index contributed by atoms with van der Waals surface area (Å²) in [5.41, 5.74) is 3.83. The van der Waals surface area contributed by atoms with Gasteiger partial charge in [0.1, 0.15) is 24.4 Å². The monoisotopic (exact) mass is 428 g/mol. The van der Waals surface area contributed by atoms with Gasteiger partial charge in [-0.3, -0.25) is 9.36 Å². The zero-order valence-corrected chi connectivity index (χ0v) is 17.9. The summed E-state index contributed by atoms with van der Waals surface area (Å²) < 4.78 is 16.3. The normalized spacial score (nSPS) is 11.6. The van der Waals surface area contributed by atoms with Crippen LogP contribution in [0.2, 0.25) is 0 Å². The zero-order chi connectivity index (χ0) is 22.2. The first-order valence-electron chi connectivity index (χ1n) is 9.93. The third kappa shape index (κ3) is 3.27. The Kier molecular flexibility index (Phi) is 4.84. The molecule has 1 aromatic carbocycles. The fourth-order valence-electron chi connectivity index (χ4n) is 3.71. The molecular formula is C23H20N6O3. The van der Waals surface area contributed by atoms with Crippen LogP contribution in [0.3, 0.4) is 0 Å². The molecule has 0 fully saturated rings. The Morgan fingerprint density at radius 3 is 2.78 bits per heavy atom. The number of methoxy groups -OCH3 is 2. The van der Waals surface area contributed by atoms with Gasteiger partial charge in [0.25, 0.3) is 5.56 Å². The molecule has 3 aromatic heterocycles. The Morgan fingerprint density at radius 1 is 1.12 bits per heavy atom. The number of aryl methyl sites for hydroxylation is 1.